The van der Waals surface area contributed by atoms with Crippen LogP contribution >= 0.6 is 27.5 Å². The number of halogens is 2. The van der Waals surface area contributed by atoms with Gasteiger partial charge in [-0.1, -0.05) is 39.7 Å². The van der Waals surface area contributed by atoms with Crippen LogP contribution in [0.5, 0.6) is 0 Å². The van der Waals surface area contributed by atoms with Gasteiger partial charge in [0.15, 0.2) is 0 Å². The van der Waals surface area contributed by atoms with Gasteiger partial charge in [-0.2, -0.15) is 0 Å². The Balaban J connectivity index is 2.29. The van der Waals surface area contributed by atoms with Crippen molar-refractivity contribution in [3.63, 3.8) is 0 Å². The molecule has 0 bridgehead atoms. The van der Waals surface area contributed by atoms with Crippen LogP contribution in [0.3, 0.4) is 0 Å². The van der Waals surface area contributed by atoms with Crippen molar-refractivity contribution in [3.05, 3.63) is 67.6 Å². The highest BCUT2D eigenvalue weighted by Gasteiger charge is 2.11. The Labute approximate surface area is 123 Å². The van der Waals surface area contributed by atoms with Crippen molar-refractivity contribution < 1.29 is 4.92 Å². The van der Waals surface area contributed by atoms with Gasteiger partial charge in [-0.15, -0.1) is 0 Å². The zero-order chi connectivity index (χ0) is 13.8. The topological polar surface area (TPSA) is 55.5 Å². The van der Waals surface area contributed by atoms with Crippen molar-refractivity contribution in [1.29, 1.82) is 0 Å². The van der Waals surface area contributed by atoms with Crippen LogP contribution in [-0.2, 0) is 0 Å². The highest BCUT2D eigenvalue weighted by molar-refractivity contribution is 9.10. The summed E-state index contributed by atoms with van der Waals surface area (Å²) in [5.41, 5.74) is 1.25. The summed E-state index contributed by atoms with van der Waals surface area (Å²) in [7, 11) is 0. The molecule has 0 saturated carbocycles. The lowest BCUT2D eigenvalue weighted by atomic mass is 10.2. The molecule has 0 radical (unpaired) electrons. The second-order valence-corrected chi connectivity index (χ2v) is 5.03. The maximum atomic E-state index is 10.8. The molecule has 6 heteroatoms. The monoisotopic (exact) mass is 338 g/mol. The molecule has 0 unspecified atom stereocenters. The highest BCUT2D eigenvalue weighted by atomic mass is 79.9. The molecule has 0 aromatic heterocycles. The number of hydrogen-bond acceptors (Lipinski definition) is 3. The quantitative estimate of drug-likeness (QED) is 0.460. The Morgan fingerprint density at radius 1 is 1.26 bits per heavy atom. The van der Waals surface area contributed by atoms with Gasteiger partial charge in [0.05, 0.1) is 10.6 Å². The van der Waals surface area contributed by atoms with Crippen LogP contribution < -0.4 is 0 Å². The molecule has 0 aliphatic rings. The van der Waals surface area contributed by atoms with Crippen LogP contribution in [0.25, 0.3) is 0 Å². The van der Waals surface area contributed by atoms with Crippen LogP contribution in [-0.4, -0.2) is 11.1 Å². The van der Waals surface area contributed by atoms with Crippen molar-refractivity contribution in [2.75, 3.05) is 0 Å². The minimum Gasteiger partial charge on any atom is -0.258 e. The molecule has 96 valence electrons. The largest absolute Gasteiger partial charge is 0.288 e. The fraction of sp³-hybridized carbons (Fsp3) is 0. The van der Waals surface area contributed by atoms with Gasteiger partial charge in [-0.3, -0.25) is 15.1 Å². The average Bonchev–Trinajstić information content (AvgIpc) is 2.37. The summed E-state index contributed by atoms with van der Waals surface area (Å²) >= 11 is 9.08. The first-order chi connectivity index (χ1) is 9.06. The number of nitrogens with zero attached hydrogens (tertiary/aromatic N) is 2. The molecule has 4 nitrogen and oxygen atoms in total. The van der Waals surface area contributed by atoms with E-state index >= 15 is 0 Å². The molecule has 0 aliphatic heterocycles. The van der Waals surface area contributed by atoms with Crippen molar-refractivity contribution in [1.82, 2.24) is 0 Å². The molecule has 19 heavy (non-hydrogen) atoms. The Hall–Kier alpha value is -1.72. The summed E-state index contributed by atoms with van der Waals surface area (Å²) in [4.78, 5) is 14.5. The maximum Gasteiger partial charge on any atom is 0.288 e. The lowest BCUT2D eigenvalue weighted by Crippen LogP contribution is -1.91. The predicted octanol–water partition coefficient (Wildman–Crippen LogP) is 4.76. The number of aliphatic imine (C=N–C) groups is 1. The van der Waals surface area contributed by atoms with Crippen LogP contribution in [0.2, 0.25) is 5.02 Å². The van der Waals surface area contributed by atoms with Gasteiger partial charge in [0.1, 0.15) is 5.02 Å². The summed E-state index contributed by atoms with van der Waals surface area (Å²) in [6.07, 6.45) is 1.56. The first-order valence-corrected chi connectivity index (χ1v) is 6.47. The summed E-state index contributed by atoms with van der Waals surface area (Å²) in [5, 5.41) is 10.9. The molecule has 0 heterocycles. The fourth-order valence-corrected chi connectivity index (χ4v) is 2.03. The minimum absolute atomic E-state index is 0.115. The lowest BCUT2D eigenvalue weighted by Gasteiger charge is -1.98. The maximum absolute atomic E-state index is 10.8. The molecule has 2 aromatic carbocycles. The zero-order valence-electron chi connectivity index (χ0n) is 9.59. The molecule has 0 aliphatic carbocycles. The van der Waals surface area contributed by atoms with Crippen LogP contribution in [0.15, 0.2) is 51.9 Å². The summed E-state index contributed by atoms with van der Waals surface area (Å²) < 4.78 is 0.921. The number of hydrogen-bond donors (Lipinski definition) is 0. The summed E-state index contributed by atoms with van der Waals surface area (Å²) in [6.45, 7) is 0. The highest BCUT2D eigenvalue weighted by Crippen LogP contribution is 2.25. The summed E-state index contributed by atoms with van der Waals surface area (Å²) in [5.74, 6) is 0. The van der Waals surface area contributed by atoms with Gasteiger partial charge in [0, 0.05) is 16.8 Å². The van der Waals surface area contributed by atoms with Crippen molar-refractivity contribution in [2.45, 2.75) is 0 Å². The third kappa shape index (κ3) is 3.62. The van der Waals surface area contributed by atoms with Crippen molar-refractivity contribution in [2.24, 2.45) is 4.99 Å². The normalized spacial score (nSPS) is 10.8. The van der Waals surface area contributed by atoms with Gasteiger partial charge in [0.25, 0.3) is 5.69 Å². The van der Waals surface area contributed by atoms with Gasteiger partial charge < -0.3 is 0 Å². The van der Waals surface area contributed by atoms with E-state index in [1.54, 1.807) is 12.3 Å². The van der Waals surface area contributed by atoms with E-state index in [0.717, 1.165) is 10.2 Å². The Bertz CT molecular complexity index is 659. The second kappa shape index (κ2) is 5.95. The van der Waals surface area contributed by atoms with Gasteiger partial charge in [-0.25, -0.2) is 0 Å². The molecule has 0 fully saturated rings. The molecular formula is C13H8BrClN2O2. The Kier molecular flexibility index (Phi) is 4.29. The van der Waals surface area contributed by atoms with E-state index in [1.165, 1.54) is 12.1 Å². The van der Waals surface area contributed by atoms with Crippen LogP contribution in [0, 0.1) is 10.1 Å². The van der Waals surface area contributed by atoms with E-state index < -0.39 is 4.92 Å². The molecule has 0 atom stereocenters. The molecule has 0 N–H and O–H groups in total. The number of benzene rings is 2. The Morgan fingerprint density at radius 2 is 2.05 bits per heavy atom. The third-order valence-corrected chi connectivity index (χ3v) is 3.15. The van der Waals surface area contributed by atoms with Crippen LogP contribution in [0.1, 0.15) is 5.56 Å². The van der Waals surface area contributed by atoms with E-state index in [0.29, 0.717) is 5.56 Å². The predicted molar refractivity (Wildman–Crippen MR) is 79.5 cm³/mol. The summed E-state index contributed by atoms with van der Waals surface area (Å²) in [6, 6.07) is 12.0. The lowest BCUT2D eigenvalue weighted by molar-refractivity contribution is -0.384. The second-order valence-electron chi connectivity index (χ2n) is 3.71. The molecule has 2 aromatic rings. The van der Waals surface area contributed by atoms with E-state index in [4.69, 9.17) is 11.6 Å². The fourth-order valence-electron chi connectivity index (χ4n) is 1.46. The van der Waals surface area contributed by atoms with E-state index in [2.05, 4.69) is 20.9 Å². The molecule has 0 amide bonds. The zero-order valence-corrected chi connectivity index (χ0v) is 11.9. The first kappa shape index (κ1) is 13.7. The number of nitro benzene ring substituents is 1. The van der Waals surface area contributed by atoms with E-state index in [9.17, 15) is 10.1 Å². The smallest absolute Gasteiger partial charge is 0.258 e. The standard InChI is InChI=1S/C13H8BrClN2O2/c14-10-2-1-3-11(7-10)16-8-9-4-5-12(15)13(6-9)17(18)19/h1-8H. The minimum atomic E-state index is -0.515. The van der Waals surface area contributed by atoms with Crippen molar-refractivity contribution in [3.8, 4) is 0 Å². The number of rotatable bonds is 3. The SMILES string of the molecule is O=[N+]([O-])c1cc(C=Nc2cccc(Br)c2)ccc1Cl. The van der Waals surface area contributed by atoms with Gasteiger partial charge >= 0.3 is 0 Å². The molecular weight excluding hydrogens is 332 g/mol. The molecule has 0 saturated heterocycles. The molecule has 0 spiro atoms. The van der Waals surface area contributed by atoms with Gasteiger partial charge in [-0.05, 0) is 29.8 Å². The van der Waals surface area contributed by atoms with Crippen LogP contribution in [0.4, 0.5) is 11.4 Å². The van der Waals surface area contributed by atoms with E-state index in [1.807, 2.05) is 24.3 Å². The number of nitro groups is 1. The Morgan fingerprint density at radius 3 is 2.74 bits per heavy atom. The van der Waals surface area contributed by atoms with Gasteiger partial charge in [0.2, 0.25) is 0 Å². The molecule has 2 rings (SSSR count). The first-order valence-electron chi connectivity index (χ1n) is 5.30. The third-order valence-electron chi connectivity index (χ3n) is 2.34. The average molecular weight is 340 g/mol. The van der Waals surface area contributed by atoms with E-state index in [-0.39, 0.29) is 10.7 Å². The van der Waals surface area contributed by atoms with Crippen molar-refractivity contribution >= 4 is 45.1 Å².